The quantitative estimate of drug-likeness (QED) is 0.508. The van der Waals surface area contributed by atoms with Crippen LogP contribution in [-0.4, -0.2) is 5.78 Å². The predicted molar refractivity (Wildman–Crippen MR) is 69.4 cm³/mol. The molecular formula is C15H22O. The summed E-state index contributed by atoms with van der Waals surface area (Å²) in [5.74, 6) is 0.233. The van der Waals surface area contributed by atoms with E-state index in [0.717, 1.165) is 24.8 Å². The zero-order valence-corrected chi connectivity index (χ0v) is 10.9. The summed E-state index contributed by atoms with van der Waals surface area (Å²) in [5, 5.41) is 0. The van der Waals surface area contributed by atoms with E-state index in [4.69, 9.17) is 0 Å². The van der Waals surface area contributed by atoms with Crippen molar-refractivity contribution in [2.75, 3.05) is 0 Å². The van der Waals surface area contributed by atoms with Gasteiger partial charge in [0.2, 0.25) is 0 Å². The van der Waals surface area contributed by atoms with Gasteiger partial charge in [-0.2, -0.15) is 0 Å². The lowest BCUT2D eigenvalue weighted by molar-refractivity contribution is -0.114. The lowest BCUT2D eigenvalue weighted by Gasteiger charge is -2.15. The number of carbonyl (C=O) groups is 1. The van der Waals surface area contributed by atoms with Crippen molar-refractivity contribution >= 4 is 5.78 Å². The molecule has 0 aromatic rings. The van der Waals surface area contributed by atoms with Crippen LogP contribution in [0.2, 0.25) is 0 Å². The Labute approximate surface area is 98.9 Å². The monoisotopic (exact) mass is 218 g/mol. The van der Waals surface area contributed by atoms with E-state index in [9.17, 15) is 4.79 Å². The lowest BCUT2D eigenvalue weighted by atomic mass is 9.90. The van der Waals surface area contributed by atoms with Gasteiger partial charge in [-0.3, -0.25) is 4.79 Å². The molecular weight excluding hydrogens is 196 g/mol. The summed E-state index contributed by atoms with van der Waals surface area (Å²) < 4.78 is 0. The van der Waals surface area contributed by atoms with Crippen LogP contribution in [0.4, 0.5) is 0 Å². The van der Waals surface area contributed by atoms with Gasteiger partial charge in [0.15, 0.2) is 5.78 Å². The van der Waals surface area contributed by atoms with Gasteiger partial charge in [0.1, 0.15) is 0 Å². The van der Waals surface area contributed by atoms with E-state index in [2.05, 4.69) is 19.9 Å². The van der Waals surface area contributed by atoms with E-state index >= 15 is 0 Å². The highest BCUT2D eigenvalue weighted by Crippen LogP contribution is 2.26. The highest BCUT2D eigenvalue weighted by atomic mass is 16.1. The molecule has 0 N–H and O–H groups in total. The summed E-state index contributed by atoms with van der Waals surface area (Å²) in [6.07, 6.45) is 7.95. The Morgan fingerprint density at radius 2 is 2.00 bits per heavy atom. The van der Waals surface area contributed by atoms with Crippen LogP contribution in [0.15, 0.2) is 34.4 Å². The minimum absolute atomic E-state index is 0.233. The molecule has 0 saturated carbocycles. The molecule has 0 fully saturated rings. The molecule has 1 aliphatic rings. The second kappa shape index (κ2) is 5.83. The number of ketones is 1. The molecule has 0 spiro atoms. The number of rotatable bonds is 3. The van der Waals surface area contributed by atoms with E-state index in [-0.39, 0.29) is 5.78 Å². The normalized spacial score (nSPS) is 18.9. The number of carbonyl (C=O) groups excluding carboxylic acids is 1. The second-order valence-corrected chi connectivity index (χ2v) is 5.00. The van der Waals surface area contributed by atoms with Crippen LogP contribution >= 0.6 is 0 Å². The summed E-state index contributed by atoms with van der Waals surface area (Å²) >= 11 is 0. The van der Waals surface area contributed by atoms with Gasteiger partial charge in [-0.25, -0.2) is 0 Å². The molecule has 0 aromatic carbocycles. The van der Waals surface area contributed by atoms with Crippen molar-refractivity contribution < 1.29 is 4.79 Å². The minimum atomic E-state index is 0.233. The van der Waals surface area contributed by atoms with Crippen LogP contribution in [-0.2, 0) is 4.79 Å². The van der Waals surface area contributed by atoms with E-state index < -0.39 is 0 Å². The smallest absolute Gasteiger partial charge is 0.159 e. The Morgan fingerprint density at radius 3 is 2.50 bits per heavy atom. The van der Waals surface area contributed by atoms with Gasteiger partial charge in [-0.05, 0) is 53.0 Å². The standard InChI is InChI=1S/C15H22O/c1-11(2)9-15(16)10-13(4)14-7-5-12(3)6-8-14/h5,9H,6-8,10H2,1-4H3/b14-13-. The third-order valence-electron chi connectivity index (χ3n) is 3.01. The highest BCUT2D eigenvalue weighted by molar-refractivity contribution is 5.91. The first kappa shape index (κ1) is 13.0. The van der Waals surface area contributed by atoms with Crippen LogP contribution < -0.4 is 0 Å². The van der Waals surface area contributed by atoms with Crippen LogP contribution in [0.3, 0.4) is 0 Å². The molecule has 0 unspecified atom stereocenters. The van der Waals surface area contributed by atoms with Crippen molar-refractivity contribution in [3.8, 4) is 0 Å². The topological polar surface area (TPSA) is 17.1 Å². The first-order valence-corrected chi connectivity index (χ1v) is 6.00. The van der Waals surface area contributed by atoms with E-state index in [1.165, 1.54) is 16.7 Å². The van der Waals surface area contributed by atoms with Gasteiger partial charge in [0, 0.05) is 6.42 Å². The SMILES string of the molecule is CC(C)=CC(=O)C/C(C)=C1/CC=C(C)CC1. The number of hydrogen-bond donors (Lipinski definition) is 0. The molecule has 1 rings (SSSR count). The van der Waals surface area contributed by atoms with Crippen LogP contribution in [0.25, 0.3) is 0 Å². The van der Waals surface area contributed by atoms with E-state index in [1.807, 2.05) is 13.8 Å². The molecule has 0 saturated heterocycles. The molecule has 1 aliphatic carbocycles. The average molecular weight is 218 g/mol. The number of hydrogen-bond acceptors (Lipinski definition) is 1. The van der Waals surface area contributed by atoms with Gasteiger partial charge in [0.05, 0.1) is 0 Å². The fraction of sp³-hybridized carbons (Fsp3) is 0.533. The highest BCUT2D eigenvalue weighted by Gasteiger charge is 2.09. The van der Waals surface area contributed by atoms with Crippen molar-refractivity contribution in [1.82, 2.24) is 0 Å². The fourth-order valence-electron chi connectivity index (χ4n) is 2.00. The van der Waals surface area contributed by atoms with Crippen molar-refractivity contribution in [3.63, 3.8) is 0 Å². The van der Waals surface area contributed by atoms with Crippen LogP contribution in [0, 0.1) is 0 Å². The van der Waals surface area contributed by atoms with Gasteiger partial charge < -0.3 is 0 Å². The Bertz CT molecular complexity index is 363. The van der Waals surface area contributed by atoms with Gasteiger partial charge >= 0.3 is 0 Å². The summed E-state index contributed by atoms with van der Waals surface area (Å²) in [6.45, 7) is 8.21. The Balaban J connectivity index is 2.64. The zero-order chi connectivity index (χ0) is 12.1. The number of allylic oxidation sites excluding steroid dienone is 6. The predicted octanol–water partition coefficient (Wildman–Crippen LogP) is 4.36. The van der Waals surface area contributed by atoms with Crippen molar-refractivity contribution in [1.29, 1.82) is 0 Å². The van der Waals surface area contributed by atoms with Crippen LogP contribution in [0.1, 0.15) is 53.4 Å². The summed E-state index contributed by atoms with van der Waals surface area (Å²) in [7, 11) is 0. The van der Waals surface area contributed by atoms with E-state index in [1.54, 1.807) is 6.08 Å². The minimum Gasteiger partial charge on any atom is -0.295 e. The molecule has 0 atom stereocenters. The molecule has 0 aromatic heterocycles. The Morgan fingerprint density at radius 1 is 1.31 bits per heavy atom. The molecule has 0 bridgehead atoms. The van der Waals surface area contributed by atoms with Crippen molar-refractivity contribution in [2.45, 2.75) is 53.4 Å². The first-order valence-electron chi connectivity index (χ1n) is 6.00. The maximum atomic E-state index is 11.6. The largest absolute Gasteiger partial charge is 0.295 e. The van der Waals surface area contributed by atoms with Gasteiger partial charge in [0.25, 0.3) is 0 Å². The lowest BCUT2D eigenvalue weighted by Crippen LogP contribution is -2.00. The molecule has 0 aliphatic heterocycles. The van der Waals surface area contributed by atoms with E-state index in [0.29, 0.717) is 6.42 Å². The van der Waals surface area contributed by atoms with Crippen molar-refractivity contribution in [3.05, 3.63) is 34.4 Å². The summed E-state index contributed by atoms with van der Waals surface area (Å²) in [6, 6.07) is 0. The average Bonchev–Trinajstić information content (AvgIpc) is 2.16. The molecule has 0 radical (unpaired) electrons. The van der Waals surface area contributed by atoms with Crippen LogP contribution in [0.5, 0.6) is 0 Å². The summed E-state index contributed by atoms with van der Waals surface area (Å²) in [4.78, 5) is 11.6. The summed E-state index contributed by atoms with van der Waals surface area (Å²) in [5.41, 5.74) is 5.29. The Hall–Kier alpha value is -1.11. The maximum Gasteiger partial charge on any atom is 0.159 e. The van der Waals surface area contributed by atoms with Crippen molar-refractivity contribution in [2.24, 2.45) is 0 Å². The first-order chi connectivity index (χ1) is 7.49. The molecule has 88 valence electrons. The molecule has 1 nitrogen and oxygen atoms in total. The molecule has 0 heterocycles. The third-order valence-corrected chi connectivity index (χ3v) is 3.01. The third kappa shape index (κ3) is 4.18. The zero-order valence-electron chi connectivity index (χ0n) is 10.9. The molecule has 16 heavy (non-hydrogen) atoms. The maximum absolute atomic E-state index is 11.6. The fourth-order valence-corrected chi connectivity index (χ4v) is 2.00. The van der Waals surface area contributed by atoms with Gasteiger partial charge in [-0.1, -0.05) is 28.4 Å². The molecule has 0 amide bonds. The van der Waals surface area contributed by atoms with Gasteiger partial charge in [-0.15, -0.1) is 0 Å². The Kier molecular flexibility index (Phi) is 4.72. The second-order valence-electron chi connectivity index (χ2n) is 5.00. The molecule has 1 heteroatoms.